The SMILES string of the molecule is Cc1cnc(C(N)Cc2c(F)cccc2Cl)c(C)c1. The molecule has 2 nitrogen and oxygen atoms in total. The van der Waals surface area contributed by atoms with Crippen molar-refractivity contribution in [3.05, 3.63) is 63.7 Å². The zero-order valence-corrected chi connectivity index (χ0v) is 11.7. The van der Waals surface area contributed by atoms with Gasteiger partial charge in [-0.1, -0.05) is 23.7 Å². The molecule has 2 rings (SSSR count). The van der Waals surface area contributed by atoms with Gasteiger partial charge in [-0.15, -0.1) is 0 Å². The minimum absolute atomic E-state index is 0.326. The van der Waals surface area contributed by atoms with Crippen molar-refractivity contribution < 1.29 is 4.39 Å². The van der Waals surface area contributed by atoms with E-state index in [9.17, 15) is 4.39 Å². The third-order valence-electron chi connectivity index (χ3n) is 3.09. The summed E-state index contributed by atoms with van der Waals surface area (Å²) in [5.41, 5.74) is 9.45. The van der Waals surface area contributed by atoms with E-state index in [0.717, 1.165) is 16.8 Å². The number of rotatable bonds is 3. The molecule has 0 amide bonds. The smallest absolute Gasteiger partial charge is 0.127 e. The quantitative estimate of drug-likeness (QED) is 0.929. The lowest BCUT2D eigenvalue weighted by Crippen LogP contribution is -2.17. The predicted octanol–water partition coefficient (Wildman–Crippen LogP) is 3.73. The van der Waals surface area contributed by atoms with Crippen molar-refractivity contribution in [2.75, 3.05) is 0 Å². The van der Waals surface area contributed by atoms with Gasteiger partial charge in [-0.2, -0.15) is 0 Å². The first kappa shape index (κ1) is 14.0. The standard InChI is InChI=1S/C15H16ClFN2/c1-9-6-10(2)15(19-8-9)14(18)7-11-12(16)4-3-5-13(11)17/h3-6,8,14H,7,18H2,1-2H3. The fourth-order valence-corrected chi connectivity index (χ4v) is 2.40. The number of nitrogens with zero attached hydrogens (tertiary/aromatic N) is 1. The Labute approximate surface area is 117 Å². The van der Waals surface area contributed by atoms with E-state index in [1.165, 1.54) is 6.07 Å². The molecular weight excluding hydrogens is 263 g/mol. The number of pyridine rings is 1. The molecule has 0 aliphatic heterocycles. The largest absolute Gasteiger partial charge is 0.322 e. The molecule has 2 N–H and O–H groups in total. The van der Waals surface area contributed by atoms with Crippen molar-refractivity contribution in [1.82, 2.24) is 4.98 Å². The average Bonchev–Trinajstić information content (AvgIpc) is 2.33. The van der Waals surface area contributed by atoms with Crippen molar-refractivity contribution in [2.24, 2.45) is 5.73 Å². The second-order valence-corrected chi connectivity index (χ2v) is 5.13. The number of hydrogen-bond acceptors (Lipinski definition) is 2. The minimum Gasteiger partial charge on any atom is -0.322 e. The fourth-order valence-electron chi connectivity index (χ4n) is 2.16. The molecule has 1 aromatic heterocycles. The fraction of sp³-hybridized carbons (Fsp3) is 0.267. The summed E-state index contributed by atoms with van der Waals surface area (Å²) in [6.45, 7) is 3.93. The highest BCUT2D eigenvalue weighted by molar-refractivity contribution is 6.31. The normalized spacial score (nSPS) is 12.5. The molecule has 1 atom stereocenters. The molecule has 0 saturated carbocycles. The molecule has 0 bridgehead atoms. The topological polar surface area (TPSA) is 38.9 Å². The minimum atomic E-state index is -0.366. The monoisotopic (exact) mass is 278 g/mol. The number of hydrogen-bond donors (Lipinski definition) is 1. The van der Waals surface area contributed by atoms with Gasteiger partial charge in [0, 0.05) is 16.8 Å². The second kappa shape index (κ2) is 5.68. The van der Waals surface area contributed by atoms with Crippen LogP contribution in [0.5, 0.6) is 0 Å². The van der Waals surface area contributed by atoms with E-state index in [1.54, 1.807) is 18.3 Å². The van der Waals surface area contributed by atoms with Gasteiger partial charge in [-0.25, -0.2) is 4.39 Å². The highest BCUT2D eigenvalue weighted by atomic mass is 35.5. The van der Waals surface area contributed by atoms with Crippen LogP contribution < -0.4 is 5.73 Å². The molecule has 2 aromatic rings. The van der Waals surface area contributed by atoms with Gasteiger partial charge in [-0.3, -0.25) is 4.98 Å². The van der Waals surface area contributed by atoms with Crippen molar-refractivity contribution in [1.29, 1.82) is 0 Å². The van der Waals surface area contributed by atoms with Crippen LogP contribution >= 0.6 is 11.6 Å². The zero-order chi connectivity index (χ0) is 14.0. The van der Waals surface area contributed by atoms with Crippen LogP contribution in [0.1, 0.15) is 28.4 Å². The average molecular weight is 279 g/mol. The second-order valence-electron chi connectivity index (χ2n) is 4.73. The summed E-state index contributed by atoms with van der Waals surface area (Å²) in [5, 5.41) is 0.403. The molecule has 100 valence electrons. The van der Waals surface area contributed by atoms with Gasteiger partial charge in [0.25, 0.3) is 0 Å². The van der Waals surface area contributed by atoms with Gasteiger partial charge in [0.05, 0.1) is 11.7 Å². The van der Waals surface area contributed by atoms with Gasteiger partial charge in [0.15, 0.2) is 0 Å². The van der Waals surface area contributed by atoms with Gasteiger partial charge in [-0.05, 0) is 43.5 Å². The van der Waals surface area contributed by atoms with Crippen LogP contribution in [0.25, 0.3) is 0 Å². The first-order valence-electron chi connectivity index (χ1n) is 6.10. The lowest BCUT2D eigenvalue weighted by atomic mass is 9.99. The number of aryl methyl sites for hydroxylation is 2. The molecule has 1 aromatic carbocycles. The van der Waals surface area contributed by atoms with Crippen molar-refractivity contribution in [3.8, 4) is 0 Å². The summed E-state index contributed by atoms with van der Waals surface area (Å²) < 4.78 is 13.7. The van der Waals surface area contributed by atoms with Crippen LogP contribution in [0.3, 0.4) is 0 Å². The van der Waals surface area contributed by atoms with Crippen LogP contribution in [0.15, 0.2) is 30.5 Å². The number of halogens is 2. The zero-order valence-electron chi connectivity index (χ0n) is 11.0. The molecule has 19 heavy (non-hydrogen) atoms. The van der Waals surface area contributed by atoms with Crippen LogP contribution in [0, 0.1) is 19.7 Å². The predicted molar refractivity (Wildman–Crippen MR) is 75.8 cm³/mol. The Bertz CT molecular complexity index is 578. The van der Waals surface area contributed by atoms with E-state index < -0.39 is 0 Å². The Morgan fingerprint density at radius 3 is 2.74 bits per heavy atom. The third-order valence-corrected chi connectivity index (χ3v) is 3.45. The molecule has 0 radical (unpaired) electrons. The summed E-state index contributed by atoms with van der Waals surface area (Å²) >= 11 is 6.01. The Morgan fingerprint density at radius 2 is 2.11 bits per heavy atom. The molecule has 1 heterocycles. The summed E-state index contributed by atoms with van der Waals surface area (Å²) in [7, 11) is 0. The summed E-state index contributed by atoms with van der Waals surface area (Å²) in [6.07, 6.45) is 2.10. The van der Waals surface area contributed by atoms with Crippen LogP contribution in [0.4, 0.5) is 4.39 Å². The lowest BCUT2D eigenvalue weighted by molar-refractivity contribution is 0.589. The van der Waals surface area contributed by atoms with Crippen LogP contribution in [-0.2, 0) is 6.42 Å². The van der Waals surface area contributed by atoms with Gasteiger partial charge in [0.2, 0.25) is 0 Å². The molecule has 0 fully saturated rings. The van der Waals surface area contributed by atoms with Crippen molar-refractivity contribution in [3.63, 3.8) is 0 Å². The Hall–Kier alpha value is -1.45. The van der Waals surface area contributed by atoms with E-state index >= 15 is 0 Å². The molecule has 0 aliphatic rings. The third kappa shape index (κ3) is 3.11. The van der Waals surface area contributed by atoms with Gasteiger partial charge < -0.3 is 5.73 Å². The first-order chi connectivity index (χ1) is 8.99. The number of nitrogens with two attached hydrogens (primary N) is 1. The van der Waals surface area contributed by atoms with Crippen molar-refractivity contribution in [2.45, 2.75) is 26.3 Å². The molecule has 1 unspecified atom stereocenters. The molecule has 0 spiro atoms. The maximum absolute atomic E-state index is 13.7. The van der Waals surface area contributed by atoms with Crippen LogP contribution in [0.2, 0.25) is 5.02 Å². The lowest BCUT2D eigenvalue weighted by Gasteiger charge is -2.15. The maximum atomic E-state index is 13.7. The van der Waals surface area contributed by atoms with Gasteiger partial charge in [0.1, 0.15) is 5.82 Å². The summed E-state index contributed by atoms with van der Waals surface area (Å²) in [6, 6.07) is 6.30. The maximum Gasteiger partial charge on any atom is 0.127 e. The van der Waals surface area contributed by atoms with E-state index in [4.69, 9.17) is 17.3 Å². The van der Waals surface area contributed by atoms with E-state index in [-0.39, 0.29) is 11.9 Å². The first-order valence-corrected chi connectivity index (χ1v) is 6.48. The number of benzene rings is 1. The summed E-state index contributed by atoms with van der Waals surface area (Å²) in [4.78, 5) is 4.34. The molecule has 0 aliphatic carbocycles. The van der Waals surface area contributed by atoms with Gasteiger partial charge >= 0.3 is 0 Å². The molecule has 0 saturated heterocycles. The number of aromatic nitrogens is 1. The van der Waals surface area contributed by atoms with Crippen LogP contribution in [-0.4, -0.2) is 4.98 Å². The van der Waals surface area contributed by atoms with E-state index in [0.29, 0.717) is 17.0 Å². The Morgan fingerprint density at radius 1 is 1.37 bits per heavy atom. The Kier molecular flexibility index (Phi) is 4.17. The van der Waals surface area contributed by atoms with E-state index in [2.05, 4.69) is 4.98 Å². The Balaban J connectivity index is 2.28. The highest BCUT2D eigenvalue weighted by Gasteiger charge is 2.16. The summed E-state index contributed by atoms with van der Waals surface area (Å²) in [5.74, 6) is -0.326. The molecule has 4 heteroatoms. The van der Waals surface area contributed by atoms with Crippen molar-refractivity contribution >= 4 is 11.6 Å². The highest BCUT2D eigenvalue weighted by Crippen LogP contribution is 2.25. The molecular formula is C15H16ClFN2. The van der Waals surface area contributed by atoms with E-state index in [1.807, 2.05) is 19.9 Å².